The summed E-state index contributed by atoms with van der Waals surface area (Å²) in [7, 11) is 1.82. The molecule has 0 bridgehead atoms. The van der Waals surface area contributed by atoms with Crippen molar-refractivity contribution >= 4 is 22.5 Å². The molecule has 15 heavy (non-hydrogen) atoms. The van der Waals surface area contributed by atoms with Crippen LogP contribution in [0.15, 0.2) is 18.2 Å². The molecule has 0 radical (unpaired) electrons. The van der Waals surface area contributed by atoms with E-state index in [2.05, 4.69) is 15.3 Å². The number of aromatic nitrogens is 2. The average Bonchev–Trinajstić information content (AvgIpc) is 2.20. The minimum Gasteiger partial charge on any atom is -0.508 e. The van der Waals surface area contributed by atoms with E-state index in [0.717, 1.165) is 5.52 Å². The molecule has 1 aromatic carbocycles. The summed E-state index contributed by atoms with van der Waals surface area (Å²) in [6.45, 7) is 0.566. The Morgan fingerprint density at radius 3 is 2.93 bits per heavy atom. The van der Waals surface area contributed by atoms with E-state index in [4.69, 9.17) is 11.6 Å². The third-order valence-corrected chi connectivity index (χ3v) is 2.30. The Hall–Kier alpha value is -1.39. The van der Waals surface area contributed by atoms with Crippen molar-refractivity contribution in [1.82, 2.24) is 15.3 Å². The van der Waals surface area contributed by atoms with Crippen LogP contribution in [0.1, 0.15) is 5.82 Å². The Labute approximate surface area is 91.9 Å². The highest BCUT2D eigenvalue weighted by Crippen LogP contribution is 2.24. The van der Waals surface area contributed by atoms with Gasteiger partial charge in [0.25, 0.3) is 0 Å². The van der Waals surface area contributed by atoms with E-state index in [1.807, 2.05) is 7.05 Å². The number of fused-ring (bicyclic) bond motifs is 1. The summed E-state index contributed by atoms with van der Waals surface area (Å²) in [5, 5.41) is 13.3. The van der Waals surface area contributed by atoms with Gasteiger partial charge in [-0.15, -0.1) is 0 Å². The molecular formula is C10H10ClN3O. The summed E-state index contributed by atoms with van der Waals surface area (Å²) in [6.07, 6.45) is 0. The molecule has 0 saturated heterocycles. The van der Waals surface area contributed by atoms with E-state index in [0.29, 0.717) is 22.9 Å². The number of hydrogen-bond acceptors (Lipinski definition) is 4. The van der Waals surface area contributed by atoms with E-state index < -0.39 is 0 Å². The lowest BCUT2D eigenvalue weighted by Gasteiger charge is -2.04. The molecule has 0 atom stereocenters. The second kappa shape index (κ2) is 4.00. The number of aromatic hydroxyl groups is 1. The van der Waals surface area contributed by atoms with Crippen molar-refractivity contribution in [2.45, 2.75) is 6.54 Å². The van der Waals surface area contributed by atoms with E-state index in [-0.39, 0.29) is 5.75 Å². The quantitative estimate of drug-likeness (QED) is 0.761. The first-order valence-electron chi connectivity index (χ1n) is 4.50. The van der Waals surface area contributed by atoms with Crippen LogP contribution in [0.5, 0.6) is 5.75 Å². The number of phenolic OH excluding ortho intramolecular Hbond substituents is 1. The van der Waals surface area contributed by atoms with E-state index in [1.54, 1.807) is 18.2 Å². The highest BCUT2D eigenvalue weighted by Gasteiger charge is 2.05. The molecule has 0 fully saturated rings. The molecule has 1 aromatic heterocycles. The number of nitrogens with one attached hydrogen (secondary N) is 1. The molecule has 0 aliphatic carbocycles. The predicted molar refractivity (Wildman–Crippen MR) is 59.0 cm³/mol. The van der Waals surface area contributed by atoms with Gasteiger partial charge in [-0.1, -0.05) is 11.6 Å². The van der Waals surface area contributed by atoms with Gasteiger partial charge in [0.05, 0.1) is 12.1 Å². The van der Waals surface area contributed by atoms with Crippen LogP contribution >= 0.6 is 11.6 Å². The maximum atomic E-state index is 9.30. The van der Waals surface area contributed by atoms with E-state index in [9.17, 15) is 5.11 Å². The largest absolute Gasteiger partial charge is 0.508 e. The van der Waals surface area contributed by atoms with Gasteiger partial charge >= 0.3 is 0 Å². The van der Waals surface area contributed by atoms with Crippen molar-refractivity contribution < 1.29 is 5.11 Å². The smallest absolute Gasteiger partial charge is 0.144 e. The predicted octanol–water partition coefficient (Wildman–Crippen LogP) is 1.71. The second-order valence-corrected chi connectivity index (χ2v) is 3.52. The molecule has 0 saturated carbocycles. The molecular weight excluding hydrogens is 214 g/mol. The van der Waals surface area contributed by atoms with Crippen LogP contribution in [0, 0.1) is 0 Å². The van der Waals surface area contributed by atoms with Crippen LogP contribution in [0.2, 0.25) is 5.15 Å². The minimum atomic E-state index is 0.161. The number of phenols is 1. The fourth-order valence-electron chi connectivity index (χ4n) is 1.36. The normalized spacial score (nSPS) is 10.8. The van der Waals surface area contributed by atoms with Crippen LogP contribution < -0.4 is 5.32 Å². The average molecular weight is 224 g/mol. The van der Waals surface area contributed by atoms with Crippen molar-refractivity contribution in [3.8, 4) is 5.75 Å². The van der Waals surface area contributed by atoms with Crippen LogP contribution in [0.25, 0.3) is 10.9 Å². The monoisotopic (exact) mass is 223 g/mol. The number of halogens is 1. The third kappa shape index (κ3) is 2.00. The molecule has 2 N–H and O–H groups in total. The molecule has 0 amide bonds. The molecule has 4 nitrogen and oxygen atoms in total. The van der Waals surface area contributed by atoms with Crippen LogP contribution in [0.4, 0.5) is 0 Å². The fourth-order valence-corrected chi connectivity index (χ4v) is 1.61. The van der Waals surface area contributed by atoms with Gasteiger partial charge in [-0.25, -0.2) is 9.97 Å². The van der Waals surface area contributed by atoms with Gasteiger partial charge in [0.15, 0.2) is 0 Å². The molecule has 5 heteroatoms. The van der Waals surface area contributed by atoms with Gasteiger partial charge in [-0.05, 0) is 25.2 Å². The standard InChI is InChI=1S/C10H10ClN3O/c1-12-5-9-13-8-3-2-6(15)4-7(8)10(11)14-9/h2-4,12,15H,5H2,1H3. The zero-order valence-electron chi connectivity index (χ0n) is 8.16. The lowest BCUT2D eigenvalue weighted by Crippen LogP contribution is -2.09. The van der Waals surface area contributed by atoms with Gasteiger partial charge in [-0.2, -0.15) is 0 Å². The molecule has 0 spiro atoms. The van der Waals surface area contributed by atoms with Crippen molar-refractivity contribution in [1.29, 1.82) is 0 Å². The number of rotatable bonds is 2. The van der Waals surface area contributed by atoms with Crippen LogP contribution in [-0.2, 0) is 6.54 Å². The highest BCUT2D eigenvalue weighted by molar-refractivity contribution is 6.34. The lowest BCUT2D eigenvalue weighted by atomic mass is 10.2. The molecule has 1 heterocycles. The van der Waals surface area contributed by atoms with Gasteiger partial charge in [0.2, 0.25) is 0 Å². The molecule has 78 valence electrons. The van der Waals surface area contributed by atoms with Gasteiger partial charge in [0, 0.05) is 5.39 Å². The summed E-state index contributed by atoms with van der Waals surface area (Å²) < 4.78 is 0. The Morgan fingerprint density at radius 1 is 1.40 bits per heavy atom. The molecule has 2 aromatic rings. The minimum absolute atomic E-state index is 0.161. The number of nitrogens with zero attached hydrogens (tertiary/aromatic N) is 2. The summed E-state index contributed by atoms with van der Waals surface area (Å²) in [5.74, 6) is 0.801. The fraction of sp³-hybridized carbons (Fsp3) is 0.200. The third-order valence-electron chi connectivity index (χ3n) is 2.01. The Balaban J connectivity index is 2.62. The number of benzene rings is 1. The zero-order valence-corrected chi connectivity index (χ0v) is 8.91. The van der Waals surface area contributed by atoms with Crippen molar-refractivity contribution in [3.05, 3.63) is 29.2 Å². The van der Waals surface area contributed by atoms with Crippen molar-refractivity contribution in [2.75, 3.05) is 7.05 Å². The molecule has 0 aliphatic rings. The topological polar surface area (TPSA) is 58.0 Å². The maximum Gasteiger partial charge on any atom is 0.144 e. The summed E-state index contributed by atoms with van der Waals surface area (Å²) in [4.78, 5) is 8.41. The summed E-state index contributed by atoms with van der Waals surface area (Å²) >= 11 is 5.98. The first kappa shape index (κ1) is 10.1. The lowest BCUT2D eigenvalue weighted by molar-refractivity contribution is 0.476. The highest BCUT2D eigenvalue weighted by atomic mass is 35.5. The zero-order chi connectivity index (χ0) is 10.8. The van der Waals surface area contributed by atoms with Crippen molar-refractivity contribution in [2.24, 2.45) is 0 Å². The van der Waals surface area contributed by atoms with Crippen LogP contribution in [-0.4, -0.2) is 22.1 Å². The SMILES string of the molecule is CNCc1nc(Cl)c2cc(O)ccc2n1. The number of hydrogen-bond donors (Lipinski definition) is 2. The van der Waals surface area contributed by atoms with E-state index >= 15 is 0 Å². The Bertz CT molecular complexity index is 501. The van der Waals surface area contributed by atoms with Gasteiger partial charge in [0.1, 0.15) is 16.7 Å². The van der Waals surface area contributed by atoms with Gasteiger partial charge < -0.3 is 10.4 Å². The second-order valence-electron chi connectivity index (χ2n) is 3.16. The summed E-state index contributed by atoms with van der Waals surface area (Å²) in [5.41, 5.74) is 0.734. The maximum absolute atomic E-state index is 9.30. The molecule has 0 unspecified atom stereocenters. The van der Waals surface area contributed by atoms with E-state index in [1.165, 1.54) is 0 Å². The molecule has 2 rings (SSSR count). The van der Waals surface area contributed by atoms with Crippen LogP contribution in [0.3, 0.4) is 0 Å². The summed E-state index contributed by atoms with van der Waals surface area (Å²) in [6, 6.07) is 4.85. The first-order chi connectivity index (χ1) is 7.20. The Kier molecular flexibility index (Phi) is 2.70. The Morgan fingerprint density at radius 2 is 2.20 bits per heavy atom. The van der Waals surface area contributed by atoms with Crippen molar-refractivity contribution in [3.63, 3.8) is 0 Å². The molecule has 0 aliphatic heterocycles. The van der Waals surface area contributed by atoms with Gasteiger partial charge in [-0.3, -0.25) is 0 Å². The first-order valence-corrected chi connectivity index (χ1v) is 4.88.